The Balaban J connectivity index is 2.15. The number of unbranched alkanes of at least 4 members (excludes halogenated alkanes) is 3. The number of hydrogen-bond acceptors (Lipinski definition) is 1. The third-order valence-electron chi connectivity index (χ3n) is 3.85. The largest absolute Gasteiger partial charge is 0.314 e. The molecule has 0 saturated heterocycles. The Morgan fingerprint density at radius 2 is 1.86 bits per heavy atom. The molecule has 0 radical (unpaired) electrons. The fraction of sp³-hybridized carbons (Fsp3) is 1.00. The zero-order chi connectivity index (χ0) is 10.4. The topological polar surface area (TPSA) is 12.0 Å². The molecule has 84 valence electrons. The highest BCUT2D eigenvalue weighted by atomic mass is 14.9. The lowest BCUT2D eigenvalue weighted by atomic mass is 9.91. The van der Waals surface area contributed by atoms with Crippen molar-refractivity contribution in [2.45, 2.75) is 71.8 Å². The summed E-state index contributed by atoms with van der Waals surface area (Å²) in [7, 11) is 0. The average Bonchev–Trinajstić information content (AvgIpc) is 2.94. The standard InChI is InChI=1S/C13H27N/c1-4-6-7-8-9-13(10-11-13)12(3)14-5-2/h12,14H,4-11H2,1-3H3. The van der Waals surface area contributed by atoms with Crippen molar-refractivity contribution in [3.05, 3.63) is 0 Å². The summed E-state index contributed by atoms with van der Waals surface area (Å²) in [5.41, 5.74) is 0.698. The zero-order valence-electron chi connectivity index (χ0n) is 10.2. The van der Waals surface area contributed by atoms with Gasteiger partial charge in [0.2, 0.25) is 0 Å². The van der Waals surface area contributed by atoms with E-state index in [1.165, 1.54) is 44.9 Å². The van der Waals surface area contributed by atoms with E-state index in [0.29, 0.717) is 5.41 Å². The van der Waals surface area contributed by atoms with E-state index < -0.39 is 0 Å². The molecule has 1 fully saturated rings. The van der Waals surface area contributed by atoms with E-state index in [1.807, 2.05) is 0 Å². The van der Waals surface area contributed by atoms with E-state index in [1.54, 1.807) is 0 Å². The van der Waals surface area contributed by atoms with Gasteiger partial charge in [0.1, 0.15) is 0 Å². The van der Waals surface area contributed by atoms with E-state index in [2.05, 4.69) is 26.1 Å². The van der Waals surface area contributed by atoms with Crippen molar-refractivity contribution in [2.75, 3.05) is 6.54 Å². The molecule has 0 bridgehead atoms. The Kier molecular flexibility index (Phi) is 4.94. The summed E-state index contributed by atoms with van der Waals surface area (Å²) in [6.07, 6.45) is 10.1. The first kappa shape index (κ1) is 12.0. The first-order valence-electron chi connectivity index (χ1n) is 6.48. The van der Waals surface area contributed by atoms with Crippen molar-refractivity contribution in [3.63, 3.8) is 0 Å². The maximum Gasteiger partial charge on any atom is 0.00950 e. The van der Waals surface area contributed by atoms with Crippen LogP contribution in [0, 0.1) is 5.41 Å². The Morgan fingerprint density at radius 1 is 1.14 bits per heavy atom. The summed E-state index contributed by atoms with van der Waals surface area (Å²) < 4.78 is 0. The Hall–Kier alpha value is -0.0400. The van der Waals surface area contributed by atoms with Gasteiger partial charge in [-0.1, -0.05) is 39.5 Å². The van der Waals surface area contributed by atoms with Gasteiger partial charge in [-0.3, -0.25) is 0 Å². The van der Waals surface area contributed by atoms with Gasteiger partial charge in [-0.25, -0.2) is 0 Å². The monoisotopic (exact) mass is 197 g/mol. The summed E-state index contributed by atoms with van der Waals surface area (Å²) in [4.78, 5) is 0. The number of nitrogens with one attached hydrogen (secondary N) is 1. The van der Waals surface area contributed by atoms with Crippen LogP contribution in [0.3, 0.4) is 0 Å². The van der Waals surface area contributed by atoms with Gasteiger partial charge in [-0.05, 0) is 38.1 Å². The second-order valence-corrected chi connectivity index (χ2v) is 4.95. The SMILES string of the molecule is CCCCCCC1(C(C)NCC)CC1. The van der Waals surface area contributed by atoms with Crippen molar-refractivity contribution in [3.8, 4) is 0 Å². The molecule has 1 heteroatoms. The molecule has 14 heavy (non-hydrogen) atoms. The summed E-state index contributed by atoms with van der Waals surface area (Å²) >= 11 is 0. The van der Waals surface area contributed by atoms with E-state index in [-0.39, 0.29) is 0 Å². The summed E-state index contributed by atoms with van der Waals surface area (Å²) in [5.74, 6) is 0. The second-order valence-electron chi connectivity index (χ2n) is 4.95. The molecule has 1 unspecified atom stereocenters. The van der Waals surface area contributed by atoms with Crippen LogP contribution < -0.4 is 5.32 Å². The lowest BCUT2D eigenvalue weighted by Crippen LogP contribution is -2.34. The predicted octanol–water partition coefficient (Wildman–Crippen LogP) is 3.74. The van der Waals surface area contributed by atoms with Crippen molar-refractivity contribution in [2.24, 2.45) is 5.41 Å². The quantitative estimate of drug-likeness (QED) is 0.585. The van der Waals surface area contributed by atoms with Gasteiger partial charge in [-0.15, -0.1) is 0 Å². The molecule has 0 amide bonds. The minimum Gasteiger partial charge on any atom is -0.314 e. The molecule has 0 aromatic heterocycles. The van der Waals surface area contributed by atoms with Crippen LogP contribution in [0.2, 0.25) is 0 Å². The van der Waals surface area contributed by atoms with E-state index in [9.17, 15) is 0 Å². The molecular weight excluding hydrogens is 170 g/mol. The van der Waals surface area contributed by atoms with Crippen LogP contribution in [0.5, 0.6) is 0 Å². The highest BCUT2D eigenvalue weighted by Crippen LogP contribution is 2.52. The molecule has 0 heterocycles. The molecule has 1 nitrogen and oxygen atoms in total. The van der Waals surface area contributed by atoms with Crippen LogP contribution in [-0.4, -0.2) is 12.6 Å². The lowest BCUT2D eigenvalue weighted by molar-refractivity contribution is 0.323. The average molecular weight is 197 g/mol. The molecule has 0 aromatic rings. The predicted molar refractivity (Wildman–Crippen MR) is 63.6 cm³/mol. The molecule has 1 saturated carbocycles. The smallest absolute Gasteiger partial charge is 0.00950 e. The van der Waals surface area contributed by atoms with E-state index in [4.69, 9.17) is 0 Å². The van der Waals surface area contributed by atoms with Gasteiger partial charge in [0.05, 0.1) is 0 Å². The Labute approximate surface area is 89.7 Å². The molecule has 0 aliphatic heterocycles. The third kappa shape index (κ3) is 3.27. The molecular formula is C13H27N. The van der Waals surface area contributed by atoms with Crippen molar-refractivity contribution in [1.82, 2.24) is 5.32 Å². The number of rotatable bonds is 8. The first-order chi connectivity index (χ1) is 6.75. The Morgan fingerprint density at radius 3 is 2.36 bits per heavy atom. The van der Waals surface area contributed by atoms with Crippen molar-refractivity contribution >= 4 is 0 Å². The van der Waals surface area contributed by atoms with Crippen LogP contribution >= 0.6 is 0 Å². The van der Waals surface area contributed by atoms with Crippen LogP contribution in [-0.2, 0) is 0 Å². The number of hydrogen-bond donors (Lipinski definition) is 1. The summed E-state index contributed by atoms with van der Waals surface area (Å²) in [6.45, 7) is 7.99. The first-order valence-corrected chi connectivity index (χ1v) is 6.48. The summed E-state index contributed by atoms with van der Waals surface area (Å²) in [5, 5.41) is 3.59. The minimum atomic E-state index is 0.698. The van der Waals surface area contributed by atoms with Crippen LogP contribution in [0.15, 0.2) is 0 Å². The van der Waals surface area contributed by atoms with Gasteiger partial charge in [0.25, 0.3) is 0 Å². The highest BCUT2D eigenvalue weighted by Gasteiger charge is 2.45. The Bertz CT molecular complexity index is 149. The molecule has 1 atom stereocenters. The normalized spacial score (nSPS) is 20.8. The highest BCUT2D eigenvalue weighted by molar-refractivity contribution is 4.99. The third-order valence-corrected chi connectivity index (χ3v) is 3.85. The maximum atomic E-state index is 3.59. The minimum absolute atomic E-state index is 0.698. The molecule has 1 aliphatic rings. The lowest BCUT2D eigenvalue weighted by Gasteiger charge is -2.24. The van der Waals surface area contributed by atoms with Crippen molar-refractivity contribution in [1.29, 1.82) is 0 Å². The van der Waals surface area contributed by atoms with Crippen LogP contribution in [0.25, 0.3) is 0 Å². The van der Waals surface area contributed by atoms with Gasteiger partial charge >= 0.3 is 0 Å². The molecule has 0 spiro atoms. The van der Waals surface area contributed by atoms with Gasteiger partial charge in [-0.2, -0.15) is 0 Å². The van der Waals surface area contributed by atoms with Crippen LogP contribution in [0.4, 0.5) is 0 Å². The molecule has 0 aromatic carbocycles. The summed E-state index contributed by atoms with van der Waals surface area (Å²) in [6, 6.07) is 0.745. The fourth-order valence-corrected chi connectivity index (χ4v) is 2.49. The van der Waals surface area contributed by atoms with Gasteiger partial charge in [0, 0.05) is 6.04 Å². The van der Waals surface area contributed by atoms with E-state index in [0.717, 1.165) is 12.6 Å². The fourth-order valence-electron chi connectivity index (χ4n) is 2.49. The van der Waals surface area contributed by atoms with E-state index >= 15 is 0 Å². The molecule has 1 rings (SSSR count). The van der Waals surface area contributed by atoms with Crippen LogP contribution in [0.1, 0.15) is 65.7 Å². The zero-order valence-corrected chi connectivity index (χ0v) is 10.2. The van der Waals surface area contributed by atoms with Gasteiger partial charge in [0.15, 0.2) is 0 Å². The second kappa shape index (κ2) is 5.75. The maximum absolute atomic E-state index is 3.59. The van der Waals surface area contributed by atoms with Gasteiger partial charge < -0.3 is 5.32 Å². The van der Waals surface area contributed by atoms with Crippen molar-refractivity contribution < 1.29 is 0 Å². The molecule has 1 N–H and O–H groups in total. The molecule has 1 aliphatic carbocycles.